The number of aromatic nitrogens is 2. The predicted molar refractivity (Wildman–Crippen MR) is 81.8 cm³/mol. The Morgan fingerprint density at radius 2 is 2.19 bits per heavy atom. The molecular weight excluding hydrogens is 264 g/mol. The molecule has 3 N–H and O–H groups in total. The number of nitrogens with two attached hydrogens (primary N) is 1. The first-order chi connectivity index (χ1) is 10.4. The molecule has 0 radical (unpaired) electrons. The molecule has 112 valence electrons. The number of hydrazine groups is 1. The van der Waals surface area contributed by atoms with Crippen molar-refractivity contribution in [2.75, 3.05) is 6.61 Å². The van der Waals surface area contributed by atoms with E-state index in [-0.39, 0.29) is 6.04 Å². The highest BCUT2D eigenvalue weighted by molar-refractivity contribution is 5.33. The number of benzene rings is 1. The van der Waals surface area contributed by atoms with Crippen LogP contribution >= 0.6 is 0 Å². The van der Waals surface area contributed by atoms with Gasteiger partial charge in [-0.1, -0.05) is 18.2 Å². The Balaban J connectivity index is 1.73. The van der Waals surface area contributed by atoms with Gasteiger partial charge in [0, 0.05) is 12.8 Å². The van der Waals surface area contributed by atoms with Crippen LogP contribution in [0.2, 0.25) is 0 Å². The van der Waals surface area contributed by atoms with E-state index in [0.29, 0.717) is 6.10 Å². The van der Waals surface area contributed by atoms with Crippen molar-refractivity contribution in [2.24, 2.45) is 5.84 Å². The molecule has 2 unspecified atom stereocenters. The summed E-state index contributed by atoms with van der Waals surface area (Å²) in [6.45, 7) is 0.896. The van der Waals surface area contributed by atoms with Crippen molar-refractivity contribution in [2.45, 2.75) is 37.8 Å². The highest BCUT2D eigenvalue weighted by Crippen LogP contribution is 2.24. The Labute approximate surface area is 125 Å². The maximum absolute atomic E-state index is 5.76. The van der Waals surface area contributed by atoms with Crippen molar-refractivity contribution in [3.05, 3.63) is 48.3 Å². The second-order valence-electron chi connectivity index (χ2n) is 5.44. The lowest BCUT2D eigenvalue weighted by Gasteiger charge is -2.19. The van der Waals surface area contributed by atoms with Crippen LogP contribution < -0.4 is 11.3 Å². The summed E-state index contributed by atoms with van der Waals surface area (Å²) in [5, 5.41) is 4.42. The lowest BCUT2D eigenvalue weighted by molar-refractivity contribution is 0.0994. The highest BCUT2D eigenvalue weighted by Gasteiger charge is 2.20. The van der Waals surface area contributed by atoms with Gasteiger partial charge in [0.1, 0.15) is 0 Å². The molecule has 21 heavy (non-hydrogen) atoms. The molecule has 1 aliphatic rings. The monoisotopic (exact) mass is 286 g/mol. The Hall–Kier alpha value is -1.69. The van der Waals surface area contributed by atoms with E-state index in [1.165, 1.54) is 6.42 Å². The molecule has 3 rings (SSSR count). The molecule has 1 aliphatic heterocycles. The van der Waals surface area contributed by atoms with Gasteiger partial charge in [0.15, 0.2) is 0 Å². The van der Waals surface area contributed by atoms with Crippen LogP contribution in [0.5, 0.6) is 0 Å². The fourth-order valence-electron chi connectivity index (χ4n) is 2.90. The second-order valence-corrected chi connectivity index (χ2v) is 5.44. The molecule has 1 fully saturated rings. The van der Waals surface area contributed by atoms with E-state index in [0.717, 1.165) is 37.3 Å². The minimum absolute atomic E-state index is 0.0805. The Kier molecular flexibility index (Phi) is 4.65. The zero-order valence-corrected chi connectivity index (χ0v) is 12.1. The maximum atomic E-state index is 5.76. The molecule has 5 nitrogen and oxygen atoms in total. The van der Waals surface area contributed by atoms with Gasteiger partial charge < -0.3 is 4.74 Å². The number of nitrogens with zero attached hydrogens (tertiary/aromatic N) is 2. The quantitative estimate of drug-likeness (QED) is 0.632. The smallest absolute Gasteiger partial charge is 0.0649 e. The van der Waals surface area contributed by atoms with E-state index in [1.807, 2.05) is 47.3 Å². The third-order valence-corrected chi connectivity index (χ3v) is 4.03. The molecular formula is C16H22N4O. The maximum Gasteiger partial charge on any atom is 0.0649 e. The molecule has 0 aliphatic carbocycles. The van der Waals surface area contributed by atoms with Crippen LogP contribution in [-0.4, -0.2) is 22.5 Å². The lowest BCUT2D eigenvalue weighted by Crippen LogP contribution is -2.30. The minimum Gasteiger partial charge on any atom is -0.378 e. The summed E-state index contributed by atoms with van der Waals surface area (Å²) in [7, 11) is 0. The normalized spacial score (nSPS) is 19.8. The summed E-state index contributed by atoms with van der Waals surface area (Å²) >= 11 is 0. The topological polar surface area (TPSA) is 65.1 Å². The van der Waals surface area contributed by atoms with Crippen molar-refractivity contribution in [1.29, 1.82) is 0 Å². The standard InChI is InChI=1S/C16H22N4O/c17-19-15(9-8-14-7-4-12-21-14)16-10-11-18-20(16)13-5-2-1-3-6-13/h1-3,5-6,10-11,14-15,19H,4,7-9,12,17H2. The average molecular weight is 286 g/mol. The van der Waals surface area contributed by atoms with E-state index < -0.39 is 0 Å². The van der Waals surface area contributed by atoms with E-state index in [2.05, 4.69) is 10.5 Å². The Morgan fingerprint density at radius 3 is 2.90 bits per heavy atom. The SMILES string of the molecule is NNC(CCC1CCCO1)c1ccnn1-c1ccccc1. The molecule has 1 saturated heterocycles. The zero-order chi connectivity index (χ0) is 14.5. The van der Waals surface area contributed by atoms with Crippen molar-refractivity contribution in [1.82, 2.24) is 15.2 Å². The third kappa shape index (κ3) is 3.32. The molecule has 1 aromatic carbocycles. The van der Waals surface area contributed by atoms with E-state index >= 15 is 0 Å². The van der Waals surface area contributed by atoms with E-state index in [1.54, 1.807) is 0 Å². The van der Waals surface area contributed by atoms with E-state index in [9.17, 15) is 0 Å². The van der Waals surface area contributed by atoms with Crippen molar-refractivity contribution in [3.8, 4) is 5.69 Å². The molecule has 5 heteroatoms. The second kappa shape index (κ2) is 6.85. The zero-order valence-electron chi connectivity index (χ0n) is 12.1. The number of hydrogen-bond acceptors (Lipinski definition) is 4. The molecule has 1 aromatic heterocycles. The molecule has 2 heterocycles. The van der Waals surface area contributed by atoms with E-state index in [4.69, 9.17) is 10.6 Å². The summed E-state index contributed by atoms with van der Waals surface area (Å²) in [5.74, 6) is 5.76. The van der Waals surface area contributed by atoms with Crippen molar-refractivity contribution < 1.29 is 4.74 Å². The van der Waals surface area contributed by atoms with Crippen LogP contribution in [0.15, 0.2) is 42.6 Å². The van der Waals surface area contributed by atoms with Crippen LogP contribution in [0.4, 0.5) is 0 Å². The van der Waals surface area contributed by atoms with Crippen LogP contribution in [0.3, 0.4) is 0 Å². The molecule has 0 bridgehead atoms. The van der Waals surface area contributed by atoms with Crippen molar-refractivity contribution in [3.63, 3.8) is 0 Å². The van der Waals surface area contributed by atoms with Gasteiger partial charge in [-0.3, -0.25) is 11.3 Å². The number of hydrogen-bond donors (Lipinski definition) is 2. The van der Waals surface area contributed by atoms with Gasteiger partial charge in [-0.2, -0.15) is 5.10 Å². The first kappa shape index (κ1) is 14.3. The Bertz CT molecular complexity index is 548. The van der Waals surface area contributed by atoms with Crippen LogP contribution in [0, 0.1) is 0 Å². The predicted octanol–water partition coefficient (Wildman–Crippen LogP) is 2.34. The molecule has 0 amide bonds. The summed E-state index contributed by atoms with van der Waals surface area (Å²) in [5.41, 5.74) is 5.06. The summed E-state index contributed by atoms with van der Waals surface area (Å²) in [4.78, 5) is 0. The number of para-hydroxylation sites is 1. The minimum atomic E-state index is 0.0805. The summed E-state index contributed by atoms with van der Waals surface area (Å²) in [6.07, 6.45) is 6.50. The van der Waals surface area contributed by atoms with Gasteiger partial charge in [0.2, 0.25) is 0 Å². The largest absolute Gasteiger partial charge is 0.378 e. The van der Waals surface area contributed by atoms with Crippen LogP contribution in [0.25, 0.3) is 5.69 Å². The fraction of sp³-hybridized carbons (Fsp3) is 0.438. The van der Waals surface area contributed by atoms with Gasteiger partial charge in [0.25, 0.3) is 0 Å². The molecule has 0 spiro atoms. The van der Waals surface area contributed by atoms with Gasteiger partial charge in [-0.15, -0.1) is 0 Å². The van der Waals surface area contributed by atoms with Gasteiger partial charge in [0.05, 0.1) is 23.5 Å². The first-order valence-corrected chi connectivity index (χ1v) is 7.55. The fourth-order valence-corrected chi connectivity index (χ4v) is 2.90. The lowest BCUT2D eigenvalue weighted by atomic mass is 10.0. The Morgan fingerprint density at radius 1 is 1.33 bits per heavy atom. The molecule has 2 atom stereocenters. The first-order valence-electron chi connectivity index (χ1n) is 7.55. The van der Waals surface area contributed by atoms with Gasteiger partial charge in [-0.05, 0) is 43.9 Å². The number of rotatable bonds is 6. The molecule has 2 aromatic rings. The summed E-state index contributed by atoms with van der Waals surface area (Å²) < 4.78 is 7.63. The highest BCUT2D eigenvalue weighted by atomic mass is 16.5. The number of ether oxygens (including phenoxy) is 1. The van der Waals surface area contributed by atoms with Crippen LogP contribution in [0.1, 0.15) is 37.4 Å². The van der Waals surface area contributed by atoms with Gasteiger partial charge >= 0.3 is 0 Å². The van der Waals surface area contributed by atoms with Crippen LogP contribution in [-0.2, 0) is 4.74 Å². The molecule has 0 saturated carbocycles. The summed E-state index contributed by atoms with van der Waals surface area (Å²) in [6, 6.07) is 12.2. The number of nitrogens with one attached hydrogen (secondary N) is 1. The third-order valence-electron chi connectivity index (χ3n) is 4.03. The average Bonchev–Trinajstić information content (AvgIpc) is 3.20. The van der Waals surface area contributed by atoms with Crippen molar-refractivity contribution >= 4 is 0 Å². The van der Waals surface area contributed by atoms with Gasteiger partial charge in [-0.25, -0.2) is 4.68 Å².